The molecule has 1 atom stereocenters. The van der Waals surface area contributed by atoms with Gasteiger partial charge < -0.3 is 4.90 Å². The van der Waals surface area contributed by atoms with Crippen molar-refractivity contribution in [1.82, 2.24) is 19.4 Å². The molecule has 7 nitrogen and oxygen atoms in total. The summed E-state index contributed by atoms with van der Waals surface area (Å²) in [5, 5.41) is 5.05. The van der Waals surface area contributed by atoms with Gasteiger partial charge in [-0.15, -0.1) is 0 Å². The highest BCUT2D eigenvalue weighted by Gasteiger charge is 2.27. The molecule has 1 aromatic carbocycles. The van der Waals surface area contributed by atoms with Gasteiger partial charge in [-0.25, -0.2) is 17.8 Å². The third kappa shape index (κ3) is 4.15. The highest BCUT2D eigenvalue weighted by atomic mass is 32.2. The summed E-state index contributed by atoms with van der Waals surface area (Å²) < 4.78 is 27.0. The number of aromatic nitrogens is 2. The van der Waals surface area contributed by atoms with Crippen molar-refractivity contribution in [2.45, 2.75) is 6.42 Å². The van der Waals surface area contributed by atoms with Gasteiger partial charge in [-0.1, -0.05) is 6.58 Å². The van der Waals surface area contributed by atoms with Crippen LogP contribution in [-0.2, 0) is 10.0 Å². The minimum Gasteiger partial charge on any atom is -0.338 e. The zero-order chi connectivity index (χ0) is 17.9. The second-order valence-corrected chi connectivity index (χ2v) is 7.68. The van der Waals surface area contributed by atoms with E-state index in [0.717, 1.165) is 17.5 Å². The largest absolute Gasteiger partial charge is 0.338 e. The first-order valence-electron chi connectivity index (χ1n) is 8.00. The lowest BCUT2D eigenvalue weighted by molar-refractivity contribution is 0.0787. The van der Waals surface area contributed by atoms with Crippen molar-refractivity contribution in [1.29, 1.82) is 0 Å². The molecule has 0 unspecified atom stereocenters. The summed E-state index contributed by atoms with van der Waals surface area (Å²) in [6.45, 7) is 4.75. The van der Waals surface area contributed by atoms with Crippen molar-refractivity contribution in [2.24, 2.45) is 5.92 Å². The van der Waals surface area contributed by atoms with Crippen molar-refractivity contribution >= 4 is 15.9 Å². The fourth-order valence-electron chi connectivity index (χ4n) is 2.84. The van der Waals surface area contributed by atoms with Crippen LogP contribution >= 0.6 is 0 Å². The van der Waals surface area contributed by atoms with Crippen LogP contribution in [0.15, 0.2) is 54.7 Å². The number of nitrogens with one attached hydrogen (secondary N) is 1. The van der Waals surface area contributed by atoms with E-state index < -0.39 is 10.0 Å². The van der Waals surface area contributed by atoms with Crippen LogP contribution in [-0.4, -0.2) is 48.6 Å². The van der Waals surface area contributed by atoms with E-state index in [-0.39, 0.29) is 11.8 Å². The molecule has 0 aliphatic carbocycles. The Morgan fingerprint density at radius 1 is 1.36 bits per heavy atom. The summed E-state index contributed by atoms with van der Waals surface area (Å²) in [6.07, 6.45) is 4.31. The van der Waals surface area contributed by atoms with E-state index in [4.69, 9.17) is 0 Å². The van der Waals surface area contributed by atoms with Gasteiger partial charge in [-0.2, -0.15) is 5.10 Å². The molecule has 2 aromatic rings. The number of nitrogens with zero attached hydrogens (tertiary/aromatic N) is 3. The number of likely N-dealkylation sites (tertiary alicyclic amines) is 1. The first-order chi connectivity index (χ1) is 12.0. The summed E-state index contributed by atoms with van der Waals surface area (Å²) in [5.41, 5.74) is 1.50. The molecule has 0 saturated carbocycles. The van der Waals surface area contributed by atoms with E-state index in [2.05, 4.69) is 16.4 Å². The van der Waals surface area contributed by atoms with Gasteiger partial charge in [-0.05, 0) is 42.7 Å². The Morgan fingerprint density at radius 3 is 2.76 bits per heavy atom. The Morgan fingerprint density at radius 2 is 2.12 bits per heavy atom. The fourth-order valence-corrected chi connectivity index (χ4v) is 3.42. The van der Waals surface area contributed by atoms with E-state index in [1.807, 2.05) is 24.4 Å². The van der Waals surface area contributed by atoms with Crippen LogP contribution < -0.4 is 4.72 Å². The minimum atomic E-state index is -3.42. The van der Waals surface area contributed by atoms with Gasteiger partial charge in [0.25, 0.3) is 5.91 Å². The zero-order valence-electron chi connectivity index (χ0n) is 13.7. The van der Waals surface area contributed by atoms with Crippen molar-refractivity contribution < 1.29 is 13.2 Å². The number of sulfonamides is 1. The Hall–Kier alpha value is -2.45. The molecule has 132 valence electrons. The van der Waals surface area contributed by atoms with E-state index >= 15 is 0 Å². The van der Waals surface area contributed by atoms with Crippen LogP contribution in [0.3, 0.4) is 0 Å². The molecule has 2 heterocycles. The average molecular weight is 360 g/mol. The molecule has 1 saturated heterocycles. The first-order valence-corrected chi connectivity index (χ1v) is 9.54. The second-order valence-electron chi connectivity index (χ2n) is 5.96. The Kier molecular flexibility index (Phi) is 5.00. The number of hydrogen-bond donors (Lipinski definition) is 1. The second kappa shape index (κ2) is 7.20. The Labute approximate surface area is 147 Å². The van der Waals surface area contributed by atoms with Gasteiger partial charge >= 0.3 is 0 Å². The van der Waals surface area contributed by atoms with Gasteiger partial charge in [0.05, 0.1) is 5.69 Å². The fraction of sp³-hybridized carbons (Fsp3) is 0.294. The molecular weight excluding hydrogens is 340 g/mol. The van der Waals surface area contributed by atoms with Gasteiger partial charge in [0, 0.05) is 43.0 Å². The number of carbonyl (C=O) groups is 1. The highest BCUT2D eigenvalue weighted by molar-refractivity contribution is 7.92. The SMILES string of the molecule is C=CS(=O)(=O)NC[C@H]1CCN(C(=O)c2ccc(-n3cccn3)cc2)C1. The summed E-state index contributed by atoms with van der Waals surface area (Å²) in [6, 6.07) is 9.11. The van der Waals surface area contributed by atoms with Crippen molar-refractivity contribution in [3.8, 4) is 5.69 Å². The van der Waals surface area contributed by atoms with Crippen LogP contribution in [0.2, 0.25) is 0 Å². The molecule has 8 heteroatoms. The topological polar surface area (TPSA) is 84.3 Å². The van der Waals surface area contributed by atoms with Crippen molar-refractivity contribution in [3.05, 3.63) is 60.3 Å². The van der Waals surface area contributed by atoms with Crippen LogP contribution in [0.4, 0.5) is 0 Å². The molecule has 1 aliphatic rings. The smallest absolute Gasteiger partial charge is 0.253 e. The molecule has 1 amide bonds. The third-order valence-electron chi connectivity index (χ3n) is 4.25. The van der Waals surface area contributed by atoms with Crippen LogP contribution in [0.5, 0.6) is 0 Å². The van der Waals surface area contributed by atoms with Crippen LogP contribution in [0.1, 0.15) is 16.8 Å². The predicted molar refractivity (Wildman–Crippen MR) is 94.7 cm³/mol. The summed E-state index contributed by atoms with van der Waals surface area (Å²) in [7, 11) is -3.42. The molecular formula is C17H20N4O3S. The third-order valence-corrected chi connectivity index (χ3v) is 5.26. The van der Waals surface area contributed by atoms with Gasteiger partial charge in [-0.3, -0.25) is 4.79 Å². The Bertz CT molecular complexity index is 845. The van der Waals surface area contributed by atoms with E-state index in [0.29, 0.717) is 25.2 Å². The Balaban J connectivity index is 1.59. The van der Waals surface area contributed by atoms with Crippen molar-refractivity contribution in [3.63, 3.8) is 0 Å². The maximum absolute atomic E-state index is 12.6. The van der Waals surface area contributed by atoms with E-state index in [1.54, 1.807) is 27.9 Å². The maximum Gasteiger partial charge on any atom is 0.253 e. The lowest BCUT2D eigenvalue weighted by Gasteiger charge is -2.17. The predicted octanol–water partition coefficient (Wildman–Crippen LogP) is 1.40. The zero-order valence-corrected chi connectivity index (χ0v) is 14.5. The quantitative estimate of drug-likeness (QED) is 0.844. The van der Waals surface area contributed by atoms with Crippen LogP contribution in [0.25, 0.3) is 5.69 Å². The summed E-state index contributed by atoms with van der Waals surface area (Å²) in [4.78, 5) is 14.4. The molecule has 1 aromatic heterocycles. The summed E-state index contributed by atoms with van der Waals surface area (Å²) >= 11 is 0. The standard InChI is InChI=1S/C17H20N4O3S/c1-2-25(23,24)19-12-14-8-11-20(13-14)17(22)15-4-6-16(7-5-15)21-10-3-9-18-21/h2-7,9-10,14,19H,1,8,11-13H2/t14-/m1/s1. The monoisotopic (exact) mass is 360 g/mol. The van der Waals surface area contributed by atoms with Crippen LogP contribution in [0, 0.1) is 5.92 Å². The lowest BCUT2D eigenvalue weighted by Crippen LogP contribution is -2.32. The highest BCUT2D eigenvalue weighted by Crippen LogP contribution is 2.19. The molecule has 0 radical (unpaired) electrons. The molecule has 3 rings (SSSR count). The van der Waals surface area contributed by atoms with E-state index in [1.165, 1.54) is 0 Å². The summed E-state index contributed by atoms with van der Waals surface area (Å²) in [5.74, 6) is 0.0723. The molecule has 1 N–H and O–H groups in total. The number of rotatable bonds is 6. The first kappa shape index (κ1) is 17.4. The molecule has 25 heavy (non-hydrogen) atoms. The van der Waals surface area contributed by atoms with Gasteiger partial charge in [0.15, 0.2) is 0 Å². The molecule has 0 bridgehead atoms. The van der Waals surface area contributed by atoms with Gasteiger partial charge in [0.1, 0.15) is 0 Å². The number of benzene rings is 1. The molecule has 1 fully saturated rings. The molecule has 0 spiro atoms. The number of carbonyl (C=O) groups excluding carboxylic acids is 1. The van der Waals surface area contributed by atoms with E-state index in [9.17, 15) is 13.2 Å². The molecule has 1 aliphatic heterocycles. The lowest BCUT2D eigenvalue weighted by atomic mass is 10.1. The van der Waals surface area contributed by atoms with Gasteiger partial charge in [0.2, 0.25) is 10.0 Å². The number of amides is 1. The normalized spacial score (nSPS) is 17.6. The average Bonchev–Trinajstić information content (AvgIpc) is 3.31. The van der Waals surface area contributed by atoms with Crippen molar-refractivity contribution in [2.75, 3.05) is 19.6 Å². The number of hydrogen-bond acceptors (Lipinski definition) is 4. The minimum absolute atomic E-state index is 0.0407. The maximum atomic E-state index is 12.6.